The summed E-state index contributed by atoms with van der Waals surface area (Å²) in [5, 5.41) is 3.38. The van der Waals surface area contributed by atoms with Gasteiger partial charge >= 0.3 is 0 Å². The van der Waals surface area contributed by atoms with Crippen LogP contribution in [0.5, 0.6) is 0 Å². The van der Waals surface area contributed by atoms with Crippen molar-refractivity contribution in [2.45, 2.75) is 31.7 Å². The normalized spacial score (nSPS) is 22.9. The number of hydrogen-bond donors (Lipinski definition) is 1. The van der Waals surface area contributed by atoms with Gasteiger partial charge in [-0.3, -0.25) is 4.79 Å². The molecule has 0 spiro atoms. The van der Waals surface area contributed by atoms with Gasteiger partial charge in [-0.05, 0) is 38.9 Å². The predicted molar refractivity (Wildman–Crippen MR) is 85.8 cm³/mol. The van der Waals surface area contributed by atoms with Gasteiger partial charge in [0, 0.05) is 32.7 Å². The van der Waals surface area contributed by atoms with Crippen molar-refractivity contribution in [2.24, 2.45) is 7.05 Å². The zero-order valence-corrected chi connectivity index (χ0v) is 13.5. The summed E-state index contributed by atoms with van der Waals surface area (Å²) in [6.07, 6.45) is 8.35. The molecule has 1 amide bonds. The Bertz CT molecular complexity index is 488. The van der Waals surface area contributed by atoms with E-state index >= 15 is 0 Å². The molecule has 0 bridgehead atoms. The highest BCUT2D eigenvalue weighted by molar-refractivity contribution is 5.92. The lowest BCUT2D eigenvalue weighted by Gasteiger charge is -2.33. The lowest BCUT2D eigenvalue weighted by molar-refractivity contribution is 0.0650. The van der Waals surface area contributed by atoms with Gasteiger partial charge in [0.25, 0.3) is 5.91 Å². The molecule has 3 rings (SSSR count). The largest absolute Gasteiger partial charge is 0.332 e. The summed E-state index contributed by atoms with van der Waals surface area (Å²) >= 11 is 0. The summed E-state index contributed by atoms with van der Waals surface area (Å²) < 4.78 is 1.82. The van der Waals surface area contributed by atoms with Gasteiger partial charge in [-0.1, -0.05) is 6.42 Å². The Morgan fingerprint density at radius 2 is 2.23 bits per heavy atom. The van der Waals surface area contributed by atoms with Crippen molar-refractivity contribution in [3.8, 4) is 0 Å². The third kappa shape index (κ3) is 3.50. The first-order valence-electron chi connectivity index (χ1n) is 8.46. The second kappa shape index (κ2) is 7.24. The molecule has 2 fully saturated rings. The molecule has 0 saturated carbocycles. The molecule has 0 radical (unpaired) electrons. The van der Waals surface area contributed by atoms with Gasteiger partial charge in [-0.2, -0.15) is 0 Å². The topological polar surface area (TPSA) is 53.4 Å². The molecule has 3 heterocycles. The Balaban J connectivity index is 1.66. The maximum atomic E-state index is 12.9. The number of hydrogen-bond acceptors (Lipinski definition) is 4. The number of imidazole rings is 1. The van der Waals surface area contributed by atoms with Gasteiger partial charge in [0.15, 0.2) is 0 Å². The van der Waals surface area contributed by atoms with E-state index in [-0.39, 0.29) is 5.91 Å². The number of aryl methyl sites for hydroxylation is 1. The minimum Gasteiger partial charge on any atom is -0.332 e. The van der Waals surface area contributed by atoms with Crippen LogP contribution in [-0.4, -0.2) is 70.6 Å². The molecule has 1 atom stereocenters. The number of carbonyl (C=O) groups excluding carboxylic acids is 1. The SMILES string of the molecule is Cn1cncc1C(=O)N(CCN1CCCCC1)C1CCNC1. The van der Waals surface area contributed by atoms with Crippen LogP contribution >= 0.6 is 0 Å². The molecule has 22 heavy (non-hydrogen) atoms. The minimum atomic E-state index is 0.116. The third-order valence-corrected chi connectivity index (χ3v) is 4.88. The molecule has 0 aromatic carbocycles. The number of likely N-dealkylation sites (tertiary alicyclic amines) is 1. The van der Waals surface area contributed by atoms with Crippen molar-refractivity contribution in [3.63, 3.8) is 0 Å². The van der Waals surface area contributed by atoms with Crippen LogP contribution < -0.4 is 5.32 Å². The molecule has 2 saturated heterocycles. The molecule has 2 aliphatic rings. The summed E-state index contributed by atoms with van der Waals surface area (Å²) in [7, 11) is 1.88. The lowest BCUT2D eigenvalue weighted by Crippen LogP contribution is -2.46. The average molecular weight is 305 g/mol. The number of carbonyl (C=O) groups is 1. The van der Waals surface area contributed by atoms with E-state index in [0.29, 0.717) is 11.7 Å². The first kappa shape index (κ1) is 15.5. The summed E-state index contributed by atoms with van der Waals surface area (Å²) in [4.78, 5) is 21.6. The predicted octanol–water partition coefficient (Wildman–Crippen LogP) is 0.710. The first-order chi connectivity index (χ1) is 10.8. The fourth-order valence-electron chi connectivity index (χ4n) is 3.50. The molecule has 0 aliphatic carbocycles. The Labute approximate surface area is 132 Å². The van der Waals surface area contributed by atoms with Gasteiger partial charge in [0.05, 0.1) is 12.5 Å². The van der Waals surface area contributed by atoms with Crippen LogP contribution in [0, 0.1) is 0 Å². The van der Waals surface area contributed by atoms with Gasteiger partial charge in [-0.15, -0.1) is 0 Å². The minimum absolute atomic E-state index is 0.116. The standard InChI is InChI=1S/C16H27N5O/c1-19-13-18-12-15(19)16(22)21(14-5-6-17-11-14)10-9-20-7-3-2-4-8-20/h12-14,17H,2-11H2,1H3. The molecular weight excluding hydrogens is 278 g/mol. The highest BCUT2D eigenvalue weighted by Crippen LogP contribution is 2.15. The van der Waals surface area contributed by atoms with Crippen LogP contribution in [0.2, 0.25) is 0 Å². The second-order valence-electron chi connectivity index (χ2n) is 6.44. The van der Waals surface area contributed by atoms with Gasteiger partial charge in [0.1, 0.15) is 5.69 Å². The van der Waals surface area contributed by atoms with E-state index in [0.717, 1.165) is 32.6 Å². The van der Waals surface area contributed by atoms with Crippen LogP contribution in [0.1, 0.15) is 36.2 Å². The Morgan fingerprint density at radius 1 is 1.41 bits per heavy atom. The van der Waals surface area contributed by atoms with E-state index in [1.54, 1.807) is 12.5 Å². The third-order valence-electron chi connectivity index (χ3n) is 4.88. The van der Waals surface area contributed by atoms with Crippen molar-refractivity contribution in [1.82, 2.24) is 24.7 Å². The van der Waals surface area contributed by atoms with Crippen molar-refractivity contribution in [1.29, 1.82) is 0 Å². The molecule has 1 N–H and O–H groups in total. The van der Waals surface area contributed by atoms with E-state index in [4.69, 9.17) is 0 Å². The highest BCUT2D eigenvalue weighted by Gasteiger charge is 2.29. The van der Waals surface area contributed by atoms with Gasteiger partial charge in [-0.25, -0.2) is 4.98 Å². The molecule has 6 nitrogen and oxygen atoms in total. The number of nitrogens with zero attached hydrogens (tertiary/aromatic N) is 4. The molecule has 1 aromatic heterocycles. The van der Waals surface area contributed by atoms with Crippen molar-refractivity contribution in [3.05, 3.63) is 18.2 Å². The zero-order valence-electron chi connectivity index (χ0n) is 13.5. The van der Waals surface area contributed by atoms with E-state index in [1.807, 2.05) is 11.6 Å². The van der Waals surface area contributed by atoms with Gasteiger partial charge in [0.2, 0.25) is 0 Å². The quantitative estimate of drug-likeness (QED) is 0.870. The fraction of sp³-hybridized carbons (Fsp3) is 0.750. The highest BCUT2D eigenvalue weighted by atomic mass is 16.2. The summed E-state index contributed by atoms with van der Waals surface area (Å²) in [5.74, 6) is 0.116. The maximum Gasteiger partial charge on any atom is 0.272 e. The first-order valence-corrected chi connectivity index (χ1v) is 8.46. The monoisotopic (exact) mass is 305 g/mol. The van der Waals surface area contributed by atoms with Crippen LogP contribution in [-0.2, 0) is 7.05 Å². The average Bonchev–Trinajstić information content (AvgIpc) is 3.20. The van der Waals surface area contributed by atoms with Crippen molar-refractivity contribution in [2.75, 3.05) is 39.3 Å². The molecule has 1 unspecified atom stereocenters. The second-order valence-corrected chi connectivity index (χ2v) is 6.44. The molecule has 2 aliphatic heterocycles. The number of nitrogens with one attached hydrogen (secondary N) is 1. The van der Waals surface area contributed by atoms with Crippen LogP contribution in [0.3, 0.4) is 0 Å². The number of rotatable bonds is 5. The molecular formula is C16H27N5O. The summed E-state index contributed by atoms with van der Waals surface area (Å²) in [6.45, 7) is 6.07. The van der Waals surface area contributed by atoms with Crippen molar-refractivity contribution < 1.29 is 4.79 Å². The van der Waals surface area contributed by atoms with E-state index < -0.39 is 0 Å². The molecule has 122 valence electrons. The van der Waals surface area contributed by atoms with E-state index in [2.05, 4.69) is 20.1 Å². The van der Waals surface area contributed by atoms with Crippen molar-refractivity contribution >= 4 is 5.91 Å². The Hall–Kier alpha value is -1.40. The molecule has 1 aromatic rings. The van der Waals surface area contributed by atoms with Crippen LogP contribution in [0.25, 0.3) is 0 Å². The fourth-order valence-corrected chi connectivity index (χ4v) is 3.50. The Kier molecular flexibility index (Phi) is 5.10. The number of amides is 1. The van der Waals surface area contributed by atoms with Crippen LogP contribution in [0.4, 0.5) is 0 Å². The lowest BCUT2D eigenvalue weighted by atomic mass is 10.1. The summed E-state index contributed by atoms with van der Waals surface area (Å²) in [5.41, 5.74) is 0.686. The van der Waals surface area contributed by atoms with Crippen LogP contribution in [0.15, 0.2) is 12.5 Å². The smallest absolute Gasteiger partial charge is 0.272 e. The van der Waals surface area contributed by atoms with E-state index in [1.165, 1.54) is 32.4 Å². The summed E-state index contributed by atoms with van der Waals surface area (Å²) in [6, 6.07) is 0.312. The number of aromatic nitrogens is 2. The number of piperidine rings is 1. The Morgan fingerprint density at radius 3 is 2.86 bits per heavy atom. The maximum absolute atomic E-state index is 12.9. The zero-order chi connectivity index (χ0) is 15.4. The van der Waals surface area contributed by atoms with E-state index in [9.17, 15) is 4.79 Å². The molecule has 6 heteroatoms. The van der Waals surface area contributed by atoms with Gasteiger partial charge < -0.3 is 19.7 Å².